The van der Waals surface area contributed by atoms with E-state index in [-0.39, 0.29) is 0 Å². The molecule has 66 valence electrons. The number of aryl methyl sites for hydroxylation is 1. The topological polar surface area (TPSA) is 46.2 Å². The molecule has 0 spiro atoms. The lowest BCUT2D eigenvalue weighted by Crippen LogP contribution is -2.00. The predicted octanol–water partition coefficient (Wildman–Crippen LogP) is 1.89. The summed E-state index contributed by atoms with van der Waals surface area (Å²) in [5.41, 5.74) is 6.37. The average molecular weight is 277 g/mol. The number of halogens is 1. The molecular formula is C9H12INO. The van der Waals surface area contributed by atoms with Crippen LogP contribution in [0.4, 0.5) is 0 Å². The van der Waals surface area contributed by atoms with Gasteiger partial charge in [-0.3, -0.25) is 0 Å². The Hall–Kier alpha value is -0.290. The van der Waals surface area contributed by atoms with Gasteiger partial charge in [-0.15, -0.1) is 0 Å². The van der Waals surface area contributed by atoms with Crippen molar-refractivity contribution in [2.75, 3.05) is 6.54 Å². The first-order valence-electron chi connectivity index (χ1n) is 3.91. The van der Waals surface area contributed by atoms with Crippen molar-refractivity contribution >= 4 is 22.6 Å². The third kappa shape index (κ3) is 2.64. The number of phenolic OH excluding ortho intramolecular Hbond substituents is 1. The lowest BCUT2D eigenvalue weighted by atomic mass is 10.1. The summed E-state index contributed by atoms with van der Waals surface area (Å²) in [5.74, 6) is 0.379. The Balaban J connectivity index is 2.75. The van der Waals surface area contributed by atoms with Gasteiger partial charge < -0.3 is 10.8 Å². The van der Waals surface area contributed by atoms with E-state index in [0.717, 1.165) is 22.0 Å². The monoisotopic (exact) mass is 277 g/mol. The summed E-state index contributed by atoms with van der Waals surface area (Å²) in [6.45, 7) is 0.672. The van der Waals surface area contributed by atoms with Crippen LogP contribution in [0.1, 0.15) is 12.0 Å². The van der Waals surface area contributed by atoms with E-state index in [1.54, 1.807) is 6.07 Å². The molecule has 0 aliphatic rings. The molecule has 0 aliphatic heterocycles. The van der Waals surface area contributed by atoms with Crippen molar-refractivity contribution in [1.29, 1.82) is 0 Å². The van der Waals surface area contributed by atoms with Crippen LogP contribution in [0.2, 0.25) is 0 Å². The molecule has 0 unspecified atom stereocenters. The van der Waals surface area contributed by atoms with E-state index in [0.29, 0.717) is 12.3 Å². The molecule has 0 fully saturated rings. The number of hydrogen-bond donors (Lipinski definition) is 2. The molecule has 1 rings (SSSR count). The Labute approximate surface area is 85.9 Å². The zero-order chi connectivity index (χ0) is 8.97. The molecule has 0 atom stereocenters. The molecule has 3 N–H and O–H groups in total. The summed E-state index contributed by atoms with van der Waals surface area (Å²) in [6.07, 6.45) is 1.78. The molecule has 3 heteroatoms. The Morgan fingerprint density at radius 3 is 2.83 bits per heavy atom. The first kappa shape index (κ1) is 9.80. The van der Waals surface area contributed by atoms with Crippen molar-refractivity contribution in [3.05, 3.63) is 27.3 Å². The fraction of sp³-hybridized carbons (Fsp3) is 0.333. The highest BCUT2D eigenvalue weighted by molar-refractivity contribution is 14.1. The largest absolute Gasteiger partial charge is 0.508 e. The first-order chi connectivity index (χ1) is 5.74. The minimum absolute atomic E-state index is 0.379. The van der Waals surface area contributed by atoms with Gasteiger partial charge in [0.15, 0.2) is 0 Å². The quantitative estimate of drug-likeness (QED) is 0.829. The molecule has 0 radical (unpaired) electrons. The van der Waals surface area contributed by atoms with Crippen LogP contribution in [0.3, 0.4) is 0 Å². The van der Waals surface area contributed by atoms with Crippen LogP contribution in [0.15, 0.2) is 18.2 Å². The zero-order valence-corrected chi connectivity index (χ0v) is 8.91. The van der Waals surface area contributed by atoms with E-state index in [2.05, 4.69) is 22.6 Å². The van der Waals surface area contributed by atoms with Crippen LogP contribution in [0.25, 0.3) is 0 Å². The van der Waals surface area contributed by atoms with Crippen molar-refractivity contribution in [3.8, 4) is 5.75 Å². The van der Waals surface area contributed by atoms with Crippen molar-refractivity contribution in [1.82, 2.24) is 0 Å². The van der Waals surface area contributed by atoms with Crippen molar-refractivity contribution in [2.24, 2.45) is 5.73 Å². The second kappa shape index (κ2) is 4.67. The van der Waals surface area contributed by atoms with Gasteiger partial charge in [0.05, 0.1) is 0 Å². The molecule has 0 aliphatic carbocycles. The van der Waals surface area contributed by atoms with Gasteiger partial charge in [-0.05, 0) is 65.7 Å². The second-order valence-electron chi connectivity index (χ2n) is 2.67. The highest BCUT2D eigenvalue weighted by Gasteiger charge is 2.00. The molecule has 1 aromatic rings. The van der Waals surface area contributed by atoms with Gasteiger partial charge >= 0.3 is 0 Å². The molecule has 2 nitrogen and oxygen atoms in total. The van der Waals surface area contributed by atoms with E-state index in [1.807, 2.05) is 12.1 Å². The molecule has 1 aromatic carbocycles. The van der Waals surface area contributed by atoms with Gasteiger partial charge in [0.2, 0.25) is 0 Å². The van der Waals surface area contributed by atoms with Gasteiger partial charge in [0.25, 0.3) is 0 Å². The highest BCUT2D eigenvalue weighted by Crippen LogP contribution is 2.20. The highest BCUT2D eigenvalue weighted by atomic mass is 127. The number of hydrogen-bond acceptors (Lipinski definition) is 2. The normalized spacial score (nSPS) is 10.2. The number of phenols is 1. The predicted molar refractivity (Wildman–Crippen MR) is 58.2 cm³/mol. The minimum Gasteiger partial charge on any atom is -0.508 e. The van der Waals surface area contributed by atoms with Crippen LogP contribution in [-0.4, -0.2) is 11.7 Å². The molecule has 0 saturated carbocycles. The van der Waals surface area contributed by atoms with Crippen LogP contribution in [-0.2, 0) is 6.42 Å². The van der Waals surface area contributed by atoms with Crippen molar-refractivity contribution < 1.29 is 5.11 Å². The summed E-state index contributed by atoms with van der Waals surface area (Å²) in [5, 5.41) is 9.42. The summed E-state index contributed by atoms with van der Waals surface area (Å²) >= 11 is 2.23. The van der Waals surface area contributed by atoms with E-state index >= 15 is 0 Å². The maximum atomic E-state index is 9.42. The fourth-order valence-electron chi connectivity index (χ4n) is 1.05. The van der Waals surface area contributed by atoms with Crippen LogP contribution < -0.4 is 5.73 Å². The molecular weight excluding hydrogens is 265 g/mol. The standard InChI is InChI=1S/C9H12INO/c10-8-3-4-9(12)7(6-8)2-1-5-11/h3-4,6,12H,1-2,5,11H2. The number of rotatable bonds is 3. The zero-order valence-electron chi connectivity index (χ0n) is 6.76. The molecule has 0 bridgehead atoms. The first-order valence-corrected chi connectivity index (χ1v) is 4.99. The Morgan fingerprint density at radius 1 is 1.42 bits per heavy atom. The molecule has 0 amide bonds. The van der Waals surface area contributed by atoms with Gasteiger partial charge in [-0.1, -0.05) is 0 Å². The van der Waals surface area contributed by atoms with Crippen LogP contribution >= 0.6 is 22.6 Å². The van der Waals surface area contributed by atoms with Gasteiger partial charge in [-0.2, -0.15) is 0 Å². The maximum Gasteiger partial charge on any atom is 0.118 e. The SMILES string of the molecule is NCCCc1cc(I)ccc1O. The van der Waals surface area contributed by atoms with Crippen LogP contribution in [0.5, 0.6) is 5.75 Å². The Kier molecular flexibility index (Phi) is 3.81. The summed E-state index contributed by atoms with van der Waals surface area (Å²) in [7, 11) is 0. The van der Waals surface area contributed by atoms with E-state index in [1.165, 1.54) is 0 Å². The van der Waals surface area contributed by atoms with Gasteiger partial charge in [-0.25, -0.2) is 0 Å². The van der Waals surface area contributed by atoms with Gasteiger partial charge in [0.1, 0.15) is 5.75 Å². The minimum atomic E-state index is 0.379. The van der Waals surface area contributed by atoms with E-state index in [9.17, 15) is 5.11 Å². The van der Waals surface area contributed by atoms with E-state index < -0.39 is 0 Å². The maximum absolute atomic E-state index is 9.42. The molecule has 12 heavy (non-hydrogen) atoms. The van der Waals surface area contributed by atoms with Crippen molar-refractivity contribution in [3.63, 3.8) is 0 Å². The third-order valence-corrected chi connectivity index (χ3v) is 2.36. The number of aromatic hydroxyl groups is 1. The number of nitrogens with two attached hydrogens (primary N) is 1. The van der Waals surface area contributed by atoms with Gasteiger partial charge in [0, 0.05) is 3.57 Å². The average Bonchev–Trinajstić information content (AvgIpc) is 2.07. The second-order valence-corrected chi connectivity index (χ2v) is 3.91. The van der Waals surface area contributed by atoms with Crippen LogP contribution in [0, 0.1) is 3.57 Å². The third-order valence-electron chi connectivity index (χ3n) is 1.69. The molecule has 0 aromatic heterocycles. The molecule has 0 saturated heterocycles. The lowest BCUT2D eigenvalue weighted by Gasteiger charge is -2.03. The van der Waals surface area contributed by atoms with E-state index in [4.69, 9.17) is 5.73 Å². The molecule has 0 heterocycles. The Bertz CT molecular complexity index is 263. The Morgan fingerprint density at radius 2 is 2.17 bits per heavy atom. The summed E-state index contributed by atoms with van der Waals surface area (Å²) in [6, 6.07) is 5.61. The number of benzene rings is 1. The fourth-order valence-corrected chi connectivity index (χ4v) is 1.60. The van der Waals surface area contributed by atoms with Crippen molar-refractivity contribution in [2.45, 2.75) is 12.8 Å². The summed E-state index contributed by atoms with van der Waals surface area (Å²) in [4.78, 5) is 0. The smallest absolute Gasteiger partial charge is 0.118 e. The lowest BCUT2D eigenvalue weighted by molar-refractivity contribution is 0.467. The summed E-state index contributed by atoms with van der Waals surface area (Å²) < 4.78 is 1.15.